The zero-order chi connectivity index (χ0) is 14.9. The predicted molar refractivity (Wildman–Crippen MR) is 81.2 cm³/mol. The van der Waals surface area contributed by atoms with Crippen LogP contribution >= 0.6 is 11.8 Å². The Balaban J connectivity index is 1.90. The van der Waals surface area contributed by atoms with Crippen LogP contribution in [0.2, 0.25) is 0 Å². The molecule has 0 spiro atoms. The zero-order valence-corrected chi connectivity index (χ0v) is 12.8. The van der Waals surface area contributed by atoms with Gasteiger partial charge in [-0.1, -0.05) is 24.3 Å². The molecule has 21 heavy (non-hydrogen) atoms. The fourth-order valence-electron chi connectivity index (χ4n) is 2.35. The van der Waals surface area contributed by atoms with Crippen molar-refractivity contribution in [3.05, 3.63) is 59.9 Å². The first-order chi connectivity index (χ1) is 10.1. The van der Waals surface area contributed by atoms with Gasteiger partial charge in [-0.05, 0) is 42.0 Å². The number of thioether (sulfide) groups is 1. The molecule has 0 fully saturated rings. The van der Waals surface area contributed by atoms with E-state index in [2.05, 4.69) is 4.72 Å². The summed E-state index contributed by atoms with van der Waals surface area (Å²) in [5, 5.41) is 0. The van der Waals surface area contributed by atoms with E-state index >= 15 is 0 Å². The first kappa shape index (κ1) is 14.6. The molecule has 3 rings (SSSR count). The average Bonchev–Trinajstić information content (AvgIpc) is 2.47. The van der Waals surface area contributed by atoms with Crippen molar-refractivity contribution >= 4 is 21.8 Å². The van der Waals surface area contributed by atoms with Crippen LogP contribution in [0.5, 0.6) is 0 Å². The summed E-state index contributed by atoms with van der Waals surface area (Å²) in [6.07, 6.45) is 0.718. The summed E-state index contributed by atoms with van der Waals surface area (Å²) >= 11 is 1.72. The van der Waals surface area contributed by atoms with E-state index < -0.39 is 15.8 Å². The lowest BCUT2D eigenvalue weighted by Gasteiger charge is -2.25. The molecular weight excluding hydrogens is 309 g/mol. The molecule has 110 valence electrons. The highest BCUT2D eigenvalue weighted by Gasteiger charge is 2.26. The first-order valence-corrected chi connectivity index (χ1v) is 9.03. The summed E-state index contributed by atoms with van der Waals surface area (Å²) < 4.78 is 40.7. The molecule has 1 heterocycles. The van der Waals surface area contributed by atoms with Gasteiger partial charge in [0.15, 0.2) is 0 Å². The molecule has 0 aromatic heterocycles. The maximum Gasteiger partial charge on any atom is 0.241 e. The highest BCUT2D eigenvalue weighted by molar-refractivity contribution is 7.99. The molecule has 2 aromatic rings. The number of fused-ring (bicyclic) bond motifs is 1. The number of hydrogen-bond acceptors (Lipinski definition) is 3. The smallest absolute Gasteiger partial charge is 0.207 e. The highest BCUT2D eigenvalue weighted by Crippen LogP contribution is 2.36. The number of nitrogens with one attached hydrogen (secondary N) is 1. The third-order valence-electron chi connectivity index (χ3n) is 3.36. The van der Waals surface area contributed by atoms with Gasteiger partial charge in [0, 0.05) is 10.9 Å². The van der Waals surface area contributed by atoms with Crippen molar-refractivity contribution in [2.75, 3.05) is 5.75 Å². The summed E-state index contributed by atoms with van der Waals surface area (Å²) in [4.78, 5) is 1.05. The average molecular weight is 323 g/mol. The Kier molecular flexibility index (Phi) is 4.01. The van der Waals surface area contributed by atoms with E-state index in [1.54, 1.807) is 11.8 Å². The summed E-state index contributed by atoms with van der Waals surface area (Å²) in [6, 6.07) is 12.5. The number of rotatable bonds is 3. The van der Waals surface area contributed by atoms with Gasteiger partial charge in [0.2, 0.25) is 10.0 Å². The van der Waals surface area contributed by atoms with Crippen LogP contribution in [0.4, 0.5) is 4.39 Å². The van der Waals surface area contributed by atoms with Crippen LogP contribution in [0.15, 0.2) is 58.3 Å². The van der Waals surface area contributed by atoms with Gasteiger partial charge in [-0.3, -0.25) is 0 Å². The van der Waals surface area contributed by atoms with Crippen LogP contribution < -0.4 is 4.72 Å². The first-order valence-electron chi connectivity index (χ1n) is 6.56. The molecule has 0 bridgehead atoms. The van der Waals surface area contributed by atoms with Gasteiger partial charge in [-0.25, -0.2) is 17.5 Å². The van der Waals surface area contributed by atoms with E-state index in [0.29, 0.717) is 0 Å². The molecular formula is C15H14FNO2S2. The normalized spacial score (nSPS) is 18.2. The van der Waals surface area contributed by atoms with E-state index in [9.17, 15) is 12.8 Å². The zero-order valence-electron chi connectivity index (χ0n) is 11.1. The minimum absolute atomic E-state index is 0.0433. The summed E-state index contributed by atoms with van der Waals surface area (Å²) in [5.41, 5.74) is 0.980. The van der Waals surface area contributed by atoms with Crippen molar-refractivity contribution in [3.8, 4) is 0 Å². The molecule has 1 N–H and O–H groups in total. The topological polar surface area (TPSA) is 46.2 Å². The molecule has 0 saturated heterocycles. The second-order valence-electron chi connectivity index (χ2n) is 4.81. The fraction of sp³-hybridized carbons (Fsp3) is 0.200. The highest BCUT2D eigenvalue weighted by atomic mass is 32.2. The van der Waals surface area contributed by atoms with Crippen LogP contribution in [-0.4, -0.2) is 14.2 Å². The van der Waals surface area contributed by atoms with Crippen molar-refractivity contribution in [1.29, 1.82) is 0 Å². The number of halogens is 1. The largest absolute Gasteiger partial charge is 0.241 e. The molecule has 0 amide bonds. The quantitative estimate of drug-likeness (QED) is 0.942. The van der Waals surface area contributed by atoms with Gasteiger partial charge in [0.05, 0.1) is 4.90 Å². The number of benzene rings is 2. The van der Waals surface area contributed by atoms with Gasteiger partial charge >= 0.3 is 0 Å². The Labute approximate surface area is 127 Å². The van der Waals surface area contributed by atoms with Crippen molar-refractivity contribution in [3.63, 3.8) is 0 Å². The van der Waals surface area contributed by atoms with Crippen molar-refractivity contribution in [2.24, 2.45) is 0 Å². The lowest BCUT2D eigenvalue weighted by molar-refractivity contribution is 0.544. The summed E-state index contributed by atoms with van der Waals surface area (Å²) in [7, 11) is -3.72. The predicted octanol–water partition coefficient (Wildman–Crippen LogP) is 3.34. The summed E-state index contributed by atoms with van der Waals surface area (Å²) in [5.74, 6) is 0.297. The number of sulfonamides is 1. The van der Waals surface area contributed by atoms with E-state index in [4.69, 9.17) is 0 Å². The molecule has 0 radical (unpaired) electrons. The Bertz CT molecular complexity index is 762. The SMILES string of the molecule is O=S(=O)(N[C@@H]1CCSc2ccccc21)c1cccc(F)c1. The molecule has 1 atom stereocenters. The minimum Gasteiger partial charge on any atom is -0.207 e. The summed E-state index contributed by atoms with van der Waals surface area (Å²) in [6.45, 7) is 0. The van der Waals surface area contributed by atoms with Crippen LogP contribution in [-0.2, 0) is 10.0 Å². The maximum absolute atomic E-state index is 13.2. The van der Waals surface area contributed by atoms with Gasteiger partial charge in [0.25, 0.3) is 0 Å². The minimum atomic E-state index is -3.72. The Hall–Kier alpha value is -1.37. The molecule has 3 nitrogen and oxygen atoms in total. The third kappa shape index (κ3) is 3.12. The van der Waals surface area contributed by atoms with Crippen LogP contribution in [0, 0.1) is 5.82 Å². The van der Waals surface area contributed by atoms with Gasteiger partial charge in [-0.15, -0.1) is 11.8 Å². The second kappa shape index (κ2) is 5.79. The van der Waals surface area contributed by atoms with Gasteiger partial charge in [0.1, 0.15) is 5.82 Å². The maximum atomic E-state index is 13.2. The molecule has 0 aliphatic carbocycles. The Morgan fingerprint density at radius 2 is 1.95 bits per heavy atom. The van der Waals surface area contributed by atoms with Crippen LogP contribution in [0.25, 0.3) is 0 Å². The Morgan fingerprint density at radius 3 is 2.76 bits per heavy atom. The lowest BCUT2D eigenvalue weighted by atomic mass is 10.1. The molecule has 6 heteroatoms. The van der Waals surface area contributed by atoms with Crippen molar-refractivity contribution < 1.29 is 12.8 Å². The van der Waals surface area contributed by atoms with E-state index in [1.165, 1.54) is 18.2 Å². The van der Waals surface area contributed by atoms with Crippen LogP contribution in [0.3, 0.4) is 0 Å². The molecule has 2 aromatic carbocycles. The van der Waals surface area contributed by atoms with E-state index in [1.807, 2.05) is 24.3 Å². The van der Waals surface area contributed by atoms with E-state index in [0.717, 1.165) is 28.7 Å². The number of hydrogen-bond donors (Lipinski definition) is 1. The van der Waals surface area contributed by atoms with Gasteiger partial charge < -0.3 is 0 Å². The van der Waals surface area contributed by atoms with E-state index in [-0.39, 0.29) is 10.9 Å². The van der Waals surface area contributed by atoms with Crippen molar-refractivity contribution in [1.82, 2.24) is 4.72 Å². The second-order valence-corrected chi connectivity index (χ2v) is 7.66. The lowest BCUT2D eigenvalue weighted by Crippen LogP contribution is -2.30. The van der Waals surface area contributed by atoms with Gasteiger partial charge in [-0.2, -0.15) is 0 Å². The van der Waals surface area contributed by atoms with Crippen LogP contribution in [0.1, 0.15) is 18.0 Å². The third-order valence-corrected chi connectivity index (χ3v) is 5.95. The molecule has 0 unspecified atom stereocenters. The fourth-order valence-corrected chi connectivity index (χ4v) is 4.76. The molecule has 0 saturated carbocycles. The Morgan fingerprint density at radius 1 is 1.14 bits per heavy atom. The van der Waals surface area contributed by atoms with Crippen molar-refractivity contribution in [2.45, 2.75) is 22.3 Å². The monoisotopic (exact) mass is 323 g/mol. The molecule has 1 aliphatic rings. The molecule has 1 aliphatic heterocycles. The standard InChI is InChI=1S/C15H14FNO2S2/c16-11-4-3-5-12(10-11)21(18,19)17-14-8-9-20-15-7-2-1-6-13(14)15/h1-7,10,14,17H,8-9H2/t14-/m1/s1.